The number of aliphatic imine (C=N–C) groups is 1. The third kappa shape index (κ3) is 3.88. The lowest BCUT2D eigenvalue weighted by Crippen LogP contribution is -2.44. The van der Waals surface area contributed by atoms with Crippen LogP contribution in [0.25, 0.3) is 0 Å². The smallest absolute Gasteiger partial charge is 0.231 e. The summed E-state index contributed by atoms with van der Waals surface area (Å²) in [6, 6.07) is 7.32. The quantitative estimate of drug-likeness (QED) is 0.423. The molecule has 132 valence electrons. The molecule has 1 aromatic carbocycles. The largest absolute Gasteiger partial charge is 0.454 e. The minimum atomic E-state index is 0. The molecule has 0 spiro atoms. The monoisotopic (exact) mass is 444 g/mol. The second-order valence-electron chi connectivity index (χ2n) is 6.43. The van der Waals surface area contributed by atoms with E-state index in [1.165, 1.54) is 25.8 Å². The fraction of sp³-hybridized carbons (Fsp3) is 0.588. The number of ether oxygens (including phenoxy) is 2. The molecule has 1 aromatic rings. The summed E-state index contributed by atoms with van der Waals surface area (Å²) in [7, 11) is 1.82. The van der Waals surface area contributed by atoms with Crippen LogP contribution in [0.4, 0.5) is 0 Å². The van der Waals surface area contributed by atoms with E-state index < -0.39 is 0 Å². The lowest BCUT2D eigenvalue weighted by molar-refractivity contribution is 0.173. The first kappa shape index (κ1) is 17.6. The van der Waals surface area contributed by atoms with Gasteiger partial charge in [0.2, 0.25) is 6.79 Å². The lowest BCUT2D eigenvalue weighted by Gasteiger charge is -2.19. The van der Waals surface area contributed by atoms with E-state index in [-0.39, 0.29) is 24.0 Å². The lowest BCUT2D eigenvalue weighted by atomic mass is 10.2. The highest BCUT2D eigenvalue weighted by Crippen LogP contribution is 2.35. The molecule has 2 N–H and O–H groups in total. The van der Waals surface area contributed by atoms with Gasteiger partial charge in [0.1, 0.15) is 0 Å². The Kier molecular flexibility index (Phi) is 5.70. The summed E-state index contributed by atoms with van der Waals surface area (Å²) in [5.74, 6) is 2.52. The topological polar surface area (TPSA) is 58.1 Å². The summed E-state index contributed by atoms with van der Waals surface area (Å²) in [6.07, 6.45) is 3.94. The van der Waals surface area contributed by atoms with Gasteiger partial charge in [-0.3, -0.25) is 9.89 Å². The molecule has 3 aliphatic rings. The van der Waals surface area contributed by atoms with Gasteiger partial charge in [-0.2, -0.15) is 0 Å². The average molecular weight is 444 g/mol. The van der Waals surface area contributed by atoms with Crippen molar-refractivity contribution in [2.24, 2.45) is 4.99 Å². The fourth-order valence-corrected chi connectivity index (χ4v) is 3.37. The van der Waals surface area contributed by atoms with Gasteiger partial charge >= 0.3 is 0 Å². The first-order valence-corrected chi connectivity index (χ1v) is 8.42. The van der Waals surface area contributed by atoms with E-state index in [2.05, 4.69) is 26.6 Å². The van der Waals surface area contributed by atoms with Gasteiger partial charge in [0.05, 0.1) is 0 Å². The van der Waals surface area contributed by atoms with Crippen LogP contribution in [0.5, 0.6) is 11.5 Å². The van der Waals surface area contributed by atoms with Crippen LogP contribution in [0.2, 0.25) is 0 Å². The van der Waals surface area contributed by atoms with E-state index in [1.807, 2.05) is 19.2 Å². The van der Waals surface area contributed by atoms with Gasteiger partial charge in [-0.05, 0) is 25.3 Å². The number of guanidine groups is 1. The van der Waals surface area contributed by atoms with Crippen molar-refractivity contribution < 1.29 is 9.47 Å². The van der Waals surface area contributed by atoms with Gasteiger partial charge in [-0.25, -0.2) is 0 Å². The molecule has 1 saturated heterocycles. The molecule has 6 nitrogen and oxygen atoms in total. The normalized spacial score (nSPS) is 23.0. The van der Waals surface area contributed by atoms with Gasteiger partial charge in [0, 0.05) is 44.3 Å². The summed E-state index contributed by atoms with van der Waals surface area (Å²) in [5, 5.41) is 6.93. The number of nitrogens with zero attached hydrogens (tertiary/aromatic N) is 2. The molecule has 2 heterocycles. The average Bonchev–Trinajstić information content (AvgIpc) is 3.12. The summed E-state index contributed by atoms with van der Waals surface area (Å²) in [6.45, 7) is 3.31. The molecular weight excluding hydrogens is 419 g/mol. The van der Waals surface area contributed by atoms with Crippen LogP contribution in [-0.4, -0.2) is 49.9 Å². The molecule has 0 aromatic heterocycles. The van der Waals surface area contributed by atoms with Gasteiger partial charge in [-0.1, -0.05) is 12.1 Å². The maximum Gasteiger partial charge on any atom is 0.231 e. The molecule has 1 atom stereocenters. The standard InChI is InChI=1S/C17H24N4O2.HI/c1-18-17(20-13-7-8-21(10-13)14-5-6-14)19-9-12-3-2-4-15-16(12)23-11-22-15;/h2-4,13-14H,5-11H2,1H3,(H2,18,19,20);1H. The Labute approximate surface area is 160 Å². The van der Waals surface area contributed by atoms with Crippen molar-refractivity contribution in [3.8, 4) is 11.5 Å². The molecule has 1 aliphatic carbocycles. The van der Waals surface area contributed by atoms with Crippen molar-refractivity contribution in [3.63, 3.8) is 0 Å². The molecule has 0 bridgehead atoms. The summed E-state index contributed by atoms with van der Waals surface area (Å²) >= 11 is 0. The maximum absolute atomic E-state index is 5.55. The molecule has 24 heavy (non-hydrogen) atoms. The Bertz CT molecular complexity index is 606. The zero-order valence-electron chi connectivity index (χ0n) is 14.0. The van der Waals surface area contributed by atoms with E-state index in [4.69, 9.17) is 9.47 Å². The molecule has 2 fully saturated rings. The summed E-state index contributed by atoms with van der Waals surface area (Å²) < 4.78 is 11.0. The van der Waals surface area contributed by atoms with E-state index in [0.29, 0.717) is 19.4 Å². The zero-order chi connectivity index (χ0) is 15.6. The van der Waals surface area contributed by atoms with Gasteiger partial charge < -0.3 is 20.1 Å². The Hall–Kier alpha value is -1.22. The van der Waals surface area contributed by atoms with Crippen LogP contribution in [-0.2, 0) is 6.54 Å². The highest BCUT2D eigenvalue weighted by atomic mass is 127. The number of hydrogen-bond donors (Lipinski definition) is 2. The molecule has 1 unspecified atom stereocenters. The fourth-order valence-electron chi connectivity index (χ4n) is 3.37. The zero-order valence-corrected chi connectivity index (χ0v) is 16.3. The van der Waals surface area contributed by atoms with Crippen LogP contribution in [0, 0.1) is 0 Å². The maximum atomic E-state index is 5.55. The molecular formula is C17H25IN4O2. The van der Waals surface area contributed by atoms with E-state index in [1.54, 1.807) is 0 Å². The van der Waals surface area contributed by atoms with Gasteiger partial charge in [0.15, 0.2) is 17.5 Å². The predicted octanol–water partition coefficient (Wildman–Crippen LogP) is 1.93. The highest BCUT2D eigenvalue weighted by Gasteiger charge is 2.34. The highest BCUT2D eigenvalue weighted by molar-refractivity contribution is 14.0. The predicted molar refractivity (Wildman–Crippen MR) is 104 cm³/mol. The first-order valence-electron chi connectivity index (χ1n) is 8.42. The Morgan fingerprint density at radius 2 is 2.17 bits per heavy atom. The van der Waals surface area contributed by atoms with Crippen molar-refractivity contribution in [1.82, 2.24) is 15.5 Å². The Morgan fingerprint density at radius 1 is 1.29 bits per heavy atom. The number of benzene rings is 1. The third-order valence-corrected chi connectivity index (χ3v) is 4.77. The van der Waals surface area contributed by atoms with E-state index >= 15 is 0 Å². The Balaban J connectivity index is 0.00000169. The molecule has 0 amide bonds. The van der Waals surface area contributed by atoms with Crippen LogP contribution < -0.4 is 20.1 Å². The van der Waals surface area contributed by atoms with Crippen molar-refractivity contribution in [2.75, 3.05) is 26.9 Å². The van der Waals surface area contributed by atoms with Crippen molar-refractivity contribution in [3.05, 3.63) is 23.8 Å². The number of nitrogens with one attached hydrogen (secondary N) is 2. The van der Waals surface area contributed by atoms with Crippen molar-refractivity contribution >= 4 is 29.9 Å². The number of hydrogen-bond acceptors (Lipinski definition) is 4. The number of para-hydroxylation sites is 1. The van der Waals surface area contributed by atoms with Gasteiger partial charge in [-0.15, -0.1) is 24.0 Å². The summed E-state index contributed by atoms with van der Waals surface area (Å²) in [5.41, 5.74) is 1.09. The molecule has 1 saturated carbocycles. The number of likely N-dealkylation sites (tertiary alicyclic amines) is 1. The molecule has 4 rings (SSSR count). The minimum absolute atomic E-state index is 0. The second kappa shape index (κ2) is 7.77. The van der Waals surface area contributed by atoms with Crippen LogP contribution in [0.3, 0.4) is 0 Å². The van der Waals surface area contributed by atoms with E-state index in [9.17, 15) is 0 Å². The van der Waals surface area contributed by atoms with E-state index in [0.717, 1.165) is 35.6 Å². The number of fused-ring (bicyclic) bond motifs is 1. The second-order valence-corrected chi connectivity index (χ2v) is 6.43. The van der Waals surface area contributed by atoms with Crippen LogP contribution in [0.1, 0.15) is 24.8 Å². The number of rotatable bonds is 4. The van der Waals surface area contributed by atoms with Crippen molar-refractivity contribution in [1.29, 1.82) is 0 Å². The SMILES string of the molecule is CN=C(NCc1cccc2c1OCO2)NC1CCN(C2CC2)C1.I. The molecule has 7 heteroatoms. The number of halogens is 1. The Morgan fingerprint density at radius 3 is 2.96 bits per heavy atom. The minimum Gasteiger partial charge on any atom is -0.454 e. The third-order valence-electron chi connectivity index (χ3n) is 4.77. The van der Waals surface area contributed by atoms with Crippen LogP contribution in [0.15, 0.2) is 23.2 Å². The molecule has 2 aliphatic heterocycles. The van der Waals surface area contributed by atoms with Crippen molar-refractivity contribution in [2.45, 2.75) is 37.9 Å². The summed E-state index contributed by atoms with van der Waals surface area (Å²) in [4.78, 5) is 6.95. The molecule has 0 radical (unpaired) electrons. The van der Waals surface area contributed by atoms with Gasteiger partial charge in [0.25, 0.3) is 0 Å². The van der Waals surface area contributed by atoms with Crippen LogP contribution >= 0.6 is 24.0 Å². The first-order chi connectivity index (χ1) is 11.3.